The van der Waals surface area contributed by atoms with E-state index in [0.29, 0.717) is 0 Å². The second-order valence-corrected chi connectivity index (χ2v) is 4.71. The summed E-state index contributed by atoms with van der Waals surface area (Å²) >= 11 is 0. The molecule has 0 aliphatic carbocycles. The zero-order valence-electron chi connectivity index (χ0n) is 10.3. The van der Waals surface area contributed by atoms with Crippen molar-refractivity contribution in [2.45, 2.75) is 32.8 Å². The molecule has 4 nitrogen and oxygen atoms in total. The maximum absolute atomic E-state index is 11.7. The number of carbonyl (C=O) groups excluding carboxylic acids is 1. The molecule has 0 amide bonds. The number of carbonyl (C=O) groups is 1. The summed E-state index contributed by atoms with van der Waals surface area (Å²) in [6.45, 7) is 5.30. The van der Waals surface area contributed by atoms with Gasteiger partial charge >= 0.3 is 11.7 Å². The molecule has 0 atom stereocenters. The van der Waals surface area contributed by atoms with Crippen molar-refractivity contribution in [1.29, 1.82) is 0 Å². The summed E-state index contributed by atoms with van der Waals surface area (Å²) in [5.41, 5.74) is 9.15. The van der Waals surface area contributed by atoms with Crippen LogP contribution < -0.4 is 0 Å². The predicted molar refractivity (Wildman–Crippen MR) is 64.6 cm³/mol. The molecule has 1 aromatic carbocycles. The maximum atomic E-state index is 11.7. The summed E-state index contributed by atoms with van der Waals surface area (Å²) in [4.78, 5) is 14.7. The summed E-state index contributed by atoms with van der Waals surface area (Å²) in [5, 5.41) is 0. The average molecular weight is 232 g/mol. The first kappa shape index (κ1) is 13.1. The van der Waals surface area contributed by atoms with Crippen LogP contribution in [0.4, 0.5) is 0 Å². The quantitative estimate of drug-likeness (QED) is 0.347. The van der Waals surface area contributed by atoms with Crippen molar-refractivity contribution in [2.75, 3.05) is 0 Å². The Hall–Kier alpha value is -1.93. The van der Waals surface area contributed by atoms with Crippen LogP contribution in [0.25, 0.3) is 5.53 Å². The van der Waals surface area contributed by atoms with Crippen molar-refractivity contribution >= 4 is 11.7 Å². The van der Waals surface area contributed by atoms with E-state index in [1.807, 2.05) is 30.3 Å². The van der Waals surface area contributed by atoms with E-state index in [1.54, 1.807) is 20.8 Å². The van der Waals surface area contributed by atoms with Gasteiger partial charge in [-0.15, -0.1) is 0 Å². The van der Waals surface area contributed by atoms with Gasteiger partial charge in [-0.05, 0) is 26.3 Å². The van der Waals surface area contributed by atoms with E-state index in [2.05, 4.69) is 4.79 Å². The summed E-state index contributed by atoms with van der Waals surface area (Å²) in [7, 11) is 0. The van der Waals surface area contributed by atoms with Crippen LogP contribution in [0.5, 0.6) is 0 Å². The Kier molecular flexibility index (Phi) is 4.18. The minimum Gasteiger partial charge on any atom is -0.451 e. The van der Waals surface area contributed by atoms with Gasteiger partial charge in [-0.3, -0.25) is 0 Å². The number of rotatable bonds is 3. The molecule has 0 saturated carbocycles. The van der Waals surface area contributed by atoms with E-state index in [4.69, 9.17) is 10.3 Å². The molecule has 1 rings (SSSR count). The lowest BCUT2D eigenvalue weighted by molar-refractivity contribution is -0.151. The van der Waals surface area contributed by atoms with E-state index in [1.165, 1.54) is 0 Å². The molecule has 0 radical (unpaired) electrons. The van der Waals surface area contributed by atoms with Gasteiger partial charge in [0.05, 0.1) is 6.42 Å². The molecule has 0 fully saturated rings. The fourth-order valence-corrected chi connectivity index (χ4v) is 1.27. The molecule has 0 spiro atoms. The number of ether oxygens (including phenoxy) is 1. The zero-order chi connectivity index (χ0) is 12.9. The van der Waals surface area contributed by atoms with E-state index >= 15 is 0 Å². The Morgan fingerprint density at radius 1 is 1.29 bits per heavy atom. The van der Waals surface area contributed by atoms with Gasteiger partial charge in [0, 0.05) is 0 Å². The number of hydrogen-bond acceptors (Lipinski definition) is 2. The molecule has 90 valence electrons. The smallest absolute Gasteiger partial charge is 0.417 e. The molecule has 17 heavy (non-hydrogen) atoms. The van der Waals surface area contributed by atoms with Crippen LogP contribution >= 0.6 is 0 Å². The minimum atomic E-state index is -0.594. The Bertz CT molecular complexity index is 440. The summed E-state index contributed by atoms with van der Waals surface area (Å²) < 4.78 is 5.13. The third kappa shape index (κ3) is 4.62. The highest BCUT2D eigenvalue weighted by Crippen LogP contribution is 2.08. The standard InChI is InChI=1S/C13H16N2O2/c1-13(2,3)17-12(16)11(15-14)9-10-7-5-4-6-8-10/h4-8H,9H2,1-3H3. The van der Waals surface area contributed by atoms with Gasteiger partial charge in [-0.2, -0.15) is 4.79 Å². The second-order valence-electron chi connectivity index (χ2n) is 4.71. The molecular formula is C13H16N2O2. The molecule has 0 aliphatic rings. The molecule has 0 unspecified atom stereocenters. The van der Waals surface area contributed by atoms with Gasteiger partial charge in [0.25, 0.3) is 0 Å². The summed E-state index contributed by atoms with van der Waals surface area (Å²) in [5.74, 6) is -0.594. The van der Waals surface area contributed by atoms with Crippen molar-refractivity contribution < 1.29 is 14.3 Å². The van der Waals surface area contributed by atoms with E-state index < -0.39 is 11.6 Å². The van der Waals surface area contributed by atoms with E-state index in [0.717, 1.165) is 5.56 Å². The van der Waals surface area contributed by atoms with Gasteiger partial charge < -0.3 is 10.3 Å². The maximum Gasteiger partial charge on any atom is 0.417 e. The van der Waals surface area contributed by atoms with Crippen molar-refractivity contribution in [1.82, 2.24) is 0 Å². The highest BCUT2D eigenvalue weighted by Gasteiger charge is 2.27. The van der Waals surface area contributed by atoms with Crippen molar-refractivity contribution in [3.63, 3.8) is 0 Å². The third-order valence-corrected chi connectivity index (χ3v) is 1.97. The molecule has 0 saturated heterocycles. The number of esters is 1. The van der Waals surface area contributed by atoms with Crippen molar-refractivity contribution in [2.24, 2.45) is 0 Å². The number of benzene rings is 1. The van der Waals surface area contributed by atoms with E-state index in [9.17, 15) is 4.79 Å². The largest absolute Gasteiger partial charge is 0.451 e. The lowest BCUT2D eigenvalue weighted by Crippen LogP contribution is -2.30. The zero-order valence-corrected chi connectivity index (χ0v) is 10.3. The second kappa shape index (κ2) is 5.41. The summed E-state index contributed by atoms with van der Waals surface area (Å²) in [6.07, 6.45) is 0.256. The van der Waals surface area contributed by atoms with Gasteiger partial charge in [0.1, 0.15) is 5.60 Å². The highest BCUT2D eigenvalue weighted by atomic mass is 16.6. The van der Waals surface area contributed by atoms with Crippen LogP contribution in [-0.2, 0) is 16.0 Å². The topological polar surface area (TPSA) is 62.7 Å². The monoisotopic (exact) mass is 232 g/mol. The number of nitrogens with zero attached hydrogens (tertiary/aromatic N) is 2. The lowest BCUT2D eigenvalue weighted by atomic mass is 10.1. The van der Waals surface area contributed by atoms with Crippen molar-refractivity contribution in [3.05, 3.63) is 41.4 Å². The van der Waals surface area contributed by atoms with Crippen LogP contribution in [0.2, 0.25) is 0 Å². The van der Waals surface area contributed by atoms with Crippen LogP contribution in [0.3, 0.4) is 0 Å². The van der Waals surface area contributed by atoms with Gasteiger partial charge in [0.15, 0.2) is 0 Å². The molecule has 0 aliphatic heterocycles. The first-order valence-corrected chi connectivity index (χ1v) is 5.40. The van der Waals surface area contributed by atoms with Crippen LogP contribution in [0, 0.1) is 0 Å². The molecular weight excluding hydrogens is 216 g/mol. The van der Waals surface area contributed by atoms with Crippen LogP contribution in [-0.4, -0.2) is 22.1 Å². The highest BCUT2D eigenvalue weighted by molar-refractivity contribution is 6.34. The SMILES string of the molecule is CC(C)(C)OC(=O)C(Cc1ccccc1)=[N+]=[N-]. The Morgan fingerprint density at radius 2 is 1.88 bits per heavy atom. The Labute approximate surface area is 101 Å². The Balaban J connectivity index is 2.75. The van der Waals surface area contributed by atoms with Crippen LogP contribution in [0.15, 0.2) is 30.3 Å². The predicted octanol–water partition coefficient (Wildman–Crippen LogP) is 2.24. The fraction of sp³-hybridized carbons (Fsp3) is 0.385. The van der Waals surface area contributed by atoms with Crippen molar-refractivity contribution in [3.8, 4) is 0 Å². The summed E-state index contributed by atoms with van der Waals surface area (Å²) in [6, 6.07) is 9.32. The first-order chi connectivity index (χ1) is 7.92. The van der Waals surface area contributed by atoms with Crippen LogP contribution in [0.1, 0.15) is 26.3 Å². The Morgan fingerprint density at radius 3 is 2.35 bits per heavy atom. The molecule has 0 bridgehead atoms. The first-order valence-electron chi connectivity index (χ1n) is 5.40. The van der Waals surface area contributed by atoms with Gasteiger partial charge in [-0.25, -0.2) is 4.79 Å². The fourth-order valence-electron chi connectivity index (χ4n) is 1.27. The lowest BCUT2D eigenvalue weighted by Gasteiger charge is -2.17. The van der Waals surface area contributed by atoms with Gasteiger partial charge in [-0.1, -0.05) is 30.3 Å². The molecule has 0 N–H and O–H groups in total. The molecule has 4 heteroatoms. The molecule has 1 aromatic rings. The van der Waals surface area contributed by atoms with E-state index in [-0.39, 0.29) is 12.1 Å². The molecule has 0 heterocycles. The normalized spacial score (nSPS) is 10.5. The average Bonchev–Trinajstić information content (AvgIpc) is 2.24. The third-order valence-electron chi connectivity index (χ3n) is 1.97. The number of hydrogen-bond donors (Lipinski definition) is 0. The minimum absolute atomic E-state index is 0.00567. The van der Waals surface area contributed by atoms with Gasteiger partial charge in [0.2, 0.25) is 0 Å². The molecule has 0 aromatic heterocycles.